The summed E-state index contributed by atoms with van der Waals surface area (Å²) in [4.78, 5) is 23.0. The smallest absolute Gasteiger partial charge is 0.308 e. The van der Waals surface area contributed by atoms with Crippen molar-refractivity contribution in [1.29, 1.82) is 0 Å². The van der Waals surface area contributed by atoms with Crippen LogP contribution in [0.15, 0.2) is 48.5 Å². The van der Waals surface area contributed by atoms with Gasteiger partial charge < -0.3 is 10.6 Å². The Morgan fingerprint density at radius 3 is 2.29 bits per heavy atom. The lowest BCUT2D eigenvalue weighted by atomic mass is 10.1. The van der Waals surface area contributed by atoms with Gasteiger partial charge in [0.15, 0.2) is 5.78 Å². The lowest BCUT2D eigenvalue weighted by molar-refractivity contribution is 0.101. The van der Waals surface area contributed by atoms with Crippen LogP contribution in [0.5, 0.6) is 0 Å². The molecule has 4 nitrogen and oxygen atoms in total. The fraction of sp³-hybridized carbons (Fsp3) is 0.0588. The molecular weight excluding hydrogens is 264 g/mol. The van der Waals surface area contributed by atoms with Crippen molar-refractivity contribution in [2.24, 2.45) is 0 Å². The molecule has 2 amide bonds. The highest BCUT2D eigenvalue weighted by atomic mass is 16.2. The summed E-state index contributed by atoms with van der Waals surface area (Å²) in [6, 6.07) is 13.3. The molecular formula is C17H14N2O2. The molecule has 0 aliphatic rings. The van der Waals surface area contributed by atoms with Crippen molar-refractivity contribution in [3.8, 4) is 12.3 Å². The van der Waals surface area contributed by atoms with Crippen molar-refractivity contribution in [1.82, 2.24) is 0 Å². The van der Waals surface area contributed by atoms with E-state index < -0.39 is 0 Å². The van der Waals surface area contributed by atoms with E-state index in [4.69, 9.17) is 6.42 Å². The van der Waals surface area contributed by atoms with Gasteiger partial charge in [-0.3, -0.25) is 4.79 Å². The molecule has 2 rings (SSSR count). The number of urea groups is 1. The topological polar surface area (TPSA) is 58.2 Å². The zero-order valence-corrected chi connectivity index (χ0v) is 11.5. The number of carbonyl (C=O) groups is 2. The molecule has 0 aliphatic heterocycles. The Bertz CT molecular complexity index is 712. The van der Waals surface area contributed by atoms with Crippen LogP contribution in [0.25, 0.3) is 0 Å². The minimum atomic E-state index is -0.375. The lowest BCUT2D eigenvalue weighted by Gasteiger charge is -2.08. The molecule has 2 aromatic carbocycles. The van der Waals surface area contributed by atoms with Gasteiger partial charge in [-0.05, 0) is 49.4 Å². The second kappa shape index (κ2) is 6.40. The number of nitrogens with one attached hydrogen (secondary N) is 2. The lowest BCUT2D eigenvalue weighted by Crippen LogP contribution is -2.19. The highest BCUT2D eigenvalue weighted by Gasteiger charge is 2.04. The molecule has 4 heteroatoms. The maximum Gasteiger partial charge on any atom is 0.323 e. The van der Waals surface area contributed by atoms with Crippen LogP contribution < -0.4 is 10.6 Å². The SMILES string of the molecule is C#Cc1cccc(NC(=O)Nc2ccc(C(C)=O)cc2)c1. The van der Waals surface area contributed by atoms with Crippen molar-refractivity contribution in [2.75, 3.05) is 10.6 Å². The fourth-order valence-electron chi connectivity index (χ4n) is 1.77. The van der Waals surface area contributed by atoms with E-state index in [0.717, 1.165) is 0 Å². The third-order valence-corrected chi connectivity index (χ3v) is 2.84. The second-order valence-corrected chi connectivity index (χ2v) is 4.44. The number of Topliss-reactive ketones (excluding diaryl/α,β-unsaturated/α-hetero) is 1. The van der Waals surface area contributed by atoms with Gasteiger partial charge in [0, 0.05) is 22.5 Å². The van der Waals surface area contributed by atoms with E-state index in [1.807, 2.05) is 0 Å². The molecule has 0 atom stereocenters. The van der Waals surface area contributed by atoms with Gasteiger partial charge in [-0.1, -0.05) is 12.0 Å². The Morgan fingerprint density at radius 2 is 1.67 bits per heavy atom. The third kappa shape index (κ3) is 3.95. The summed E-state index contributed by atoms with van der Waals surface area (Å²) in [6.45, 7) is 1.49. The Labute approximate surface area is 123 Å². The molecule has 0 unspecified atom stereocenters. The average Bonchev–Trinajstić information content (AvgIpc) is 2.47. The van der Waals surface area contributed by atoms with Crippen molar-refractivity contribution >= 4 is 23.2 Å². The summed E-state index contributed by atoms with van der Waals surface area (Å²) in [7, 11) is 0. The summed E-state index contributed by atoms with van der Waals surface area (Å²) in [5.74, 6) is 2.49. The van der Waals surface area contributed by atoms with E-state index in [9.17, 15) is 9.59 Å². The molecule has 2 aromatic rings. The molecule has 0 fully saturated rings. The highest BCUT2D eigenvalue weighted by molar-refractivity contribution is 6.00. The van der Waals surface area contributed by atoms with Crippen LogP contribution in [0, 0.1) is 12.3 Å². The van der Waals surface area contributed by atoms with Gasteiger partial charge in [-0.15, -0.1) is 6.42 Å². The molecule has 0 saturated heterocycles. The van der Waals surface area contributed by atoms with Gasteiger partial charge in [-0.2, -0.15) is 0 Å². The Kier molecular flexibility index (Phi) is 4.37. The first-order valence-electron chi connectivity index (χ1n) is 6.34. The Hall–Kier alpha value is -3.06. The van der Waals surface area contributed by atoms with E-state index in [2.05, 4.69) is 16.6 Å². The van der Waals surface area contributed by atoms with E-state index in [0.29, 0.717) is 22.5 Å². The second-order valence-electron chi connectivity index (χ2n) is 4.44. The van der Waals surface area contributed by atoms with E-state index >= 15 is 0 Å². The van der Waals surface area contributed by atoms with Crippen LogP contribution >= 0.6 is 0 Å². The minimum Gasteiger partial charge on any atom is -0.308 e. The maximum atomic E-state index is 11.9. The van der Waals surface area contributed by atoms with E-state index in [1.54, 1.807) is 48.5 Å². The monoisotopic (exact) mass is 278 g/mol. The number of hydrogen-bond donors (Lipinski definition) is 2. The fourth-order valence-corrected chi connectivity index (χ4v) is 1.77. The summed E-state index contributed by atoms with van der Waals surface area (Å²) in [5, 5.41) is 5.37. The van der Waals surface area contributed by atoms with Crippen LogP contribution in [0.1, 0.15) is 22.8 Å². The number of rotatable bonds is 3. The Balaban J connectivity index is 2.01. The van der Waals surface area contributed by atoms with Gasteiger partial charge >= 0.3 is 6.03 Å². The van der Waals surface area contributed by atoms with E-state index in [-0.39, 0.29) is 11.8 Å². The average molecular weight is 278 g/mol. The standard InChI is InChI=1S/C17H14N2O2/c1-3-13-5-4-6-16(11-13)19-17(21)18-15-9-7-14(8-10-15)12(2)20/h1,4-11H,2H3,(H2,18,19,21). The minimum absolute atomic E-state index is 0.0166. The number of anilines is 2. The third-order valence-electron chi connectivity index (χ3n) is 2.84. The molecule has 21 heavy (non-hydrogen) atoms. The quantitative estimate of drug-likeness (QED) is 0.666. The van der Waals surface area contributed by atoms with Gasteiger partial charge in [0.1, 0.15) is 0 Å². The van der Waals surface area contributed by atoms with Crippen LogP contribution in [0.4, 0.5) is 16.2 Å². The molecule has 0 radical (unpaired) electrons. The van der Waals surface area contributed by atoms with Crippen molar-refractivity contribution in [2.45, 2.75) is 6.92 Å². The molecule has 0 saturated carbocycles. The molecule has 2 N–H and O–H groups in total. The zero-order chi connectivity index (χ0) is 15.2. The summed E-state index contributed by atoms with van der Waals surface area (Å²) < 4.78 is 0. The van der Waals surface area contributed by atoms with Crippen molar-refractivity contribution < 1.29 is 9.59 Å². The van der Waals surface area contributed by atoms with Gasteiger partial charge in [0.05, 0.1) is 0 Å². The van der Waals surface area contributed by atoms with Crippen molar-refractivity contribution in [3.63, 3.8) is 0 Å². The molecule has 0 aromatic heterocycles. The van der Waals surface area contributed by atoms with Crippen LogP contribution in [0.2, 0.25) is 0 Å². The number of ketones is 1. The summed E-state index contributed by atoms with van der Waals surface area (Å²) in [6.07, 6.45) is 5.31. The Morgan fingerprint density at radius 1 is 1.00 bits per heavy atom. The van der Waals surface area contributed by atoms with Gasteiger partial charge in [0.2, 0.25) is 0 Å². The number of terminal acetylenes is 1. The molecule has 104 valence electrons. The molecule has 0 spiro atoms. The van der Waals surface area contributed by atoms with Gasteiger partial charge in [-0.25, -0.2) is 4.79 Å². The largest absolute Gasteiger partial charge is 0.323 e. The first-order chi connectivity index (χ1) is 10.1. The van der Waals surface area contributed by atoms with Crippen molar-refractivity contribution in [3.05, 3.63) is 59.7 Å². The van der Waals surface area contributed by atoms with Crippen LogP contribution in [-0.2, 0) is 0 Å². The summed E-state index contributed by atoms with van der Waals surface area (Å²) in [5.41, 5.74) is 2.51. The molecule has 0 bridgehead atoms. The van der Waals surface area contributed by atoms with Crippen LogP contribution in [-0.4, -0.2) is 11.8 Å². The highest BCUT2D eigenvalue weighted by Crippen LogP contribution is 2.13. The maximum absolute atomic E-state index is 11.9. The van der Waals surface area contributed by atoms with E-state index in [1.165, 1.54) is 6.92 Å². The number of amides is 2. The number of hydrogen-bond acceptors (Lipinski definition) is 2. The number of carbonyl (C=O) groups excluding carboxylic acids is 2. The number of benzene rings is 2. The zero-order valence-electron chi connectivity index (χ0n) is 11.5. The van der Waals surface area contributed by atoms with Gasteiger partial charge in [0.25, 0.3) is 0 Å². The molecule has 0 heterocycles. The predicted octanol–water partition coefficient (Wildman–Crippen LogP) is 3.51. The molecule has 0 aliphatic carbocycles. The normalized spacial score (nSPS) is 9.52. The van der Waals surface area contributed by atoms with Crippen LogP contribution in [0.3, 0.4) is 0 Å². The predicted molar refractivity (Wildman–Crippen MR) is 83.5 cm³/mol. The summed E-state index contributed by atoms with van der Waals surface area (Å²) >= 11 is 0. The first-order valence-corrected chi connectivity index (χ1v) is 6.34. The first kappa shape index (κ1) is 14.4.